The lowest BCUT2D eigenvalue weighted by atomic mass is 9.72. The third-order valence-corrected chi connectivity index (χ3v) is 9.22. The number of nitrogens with zero attached hydrogens (tertiary/aromatic N) is 3. The third kappa shape index (κ3) is 2.56. The molecule has 4 rings (SSSR count). The number of hydrogen-bond acceptors (Lipinski definition) is 4. The first kappa shape index (κ1) is 18.9. The molecule has 0 saturated heterocycles. The summed E-state index contributed by atoms with van der Waals surface area (Å²) >= 11 is 3.60. The minimum atomic E-state index is -0.169. The van der Waals surface area contributed by atoms with Gasteiger partial charge in [0.05, 0.1) is 28.2 Å². The Bertz CT molecular complexity index is 1090. The van der Waals surface area contributed by atoms with E-state index in [1.165, 1.54) is 28.7 Å². The number of fused-ring (bicyclic) bond motifs is 4. The molecule has 3 nitrogen and oxygen atoms in total. The van der Waals surface area contributed by atoms with Crippen LogP contribution in [-0.2, 0) is 0 Å². The Labute approximate surface area is 174 Å². The quantitative estimate of drug-likeness (QED) is 0.399. The first-order valence-corrected chi connectivity index (χ1v) is 10.9. The third-order valence-electron chi connectivity index (χ3n) is 6.07. The van der Waals surface area contributed by atoms with Crippen molar-refractivity contribution in [2.24, 2.45) is 0 Å². The average Bonchev–Trinajstić information content (AvgIpc) is 3.35. The molecule has 5 heteroatoms. The number of thioether (sulfide) groups is 2. The van der Waals surface area contributed by atoms with Gasteiger partial charge in [-0.05, 0) is 91.5 Å². The Morgan fingerprint density at radius 3 is 2.04 bits per heavy atom. The van der Waals surface area contributed by atoms with Crippen LogP contribution in [0.2, 0.25) is 0 Å². The van der Waals surface area contributed by atoms with E-state index in [2.05, 4.69) is 36.9 Å². The largest absolute Gasteiger partial charge is 0.263 e. The molecule has 0 aromatic heterocycles. The predicted molar refractivity (Wildman–Crippen MR) is 116 cm³/mol. The predicted octanol–water partition coefficient (Wildman–Crippen LogP) is 6.35. The zero-order valence-corrected chi connectivity index (χ0v) is 17.7. The van der Waals surface area contributed by atoms with E-state index in [0.717, 1.165) is 22.7 Å². The van der Waals surface area contributed by atoms with Crippen LogP contribution in [0.25, 0.3) is 4.85 Å². The van der Waals surface area contributed by atoms with Gasteiger partial charge < -0.3 is 0 Å². The van der Waals surface area contributed by atoms with Gasteiger partial charge in [0, 0.05) is 10.5 Å². The van der Waals surface area contributed by atoms with Crippen LogP contribution in [-0.4, -0.2) is 9.49 Å². The molecule has 2 aliphatic carbocycles. The molecule has 2 atom stereocenters. The summed E-state index contributed by atoms with van der Waals surface area (Å²) in [7, 11) is 0. The molecule has 4 aliphatic rings. The van der Waals surface area contributed by atoms with E-state index in [0.29, 0.717) is 5.57 Å². The van der Waals surface area contributed by atoms with E-state index in [1.54, 1.807) is 17.8 Å². The Morgan fingerprint density at radius 1 is 1.04 bits per heavy atom. The second-order valence-corrected chi connectivity index (χ2v) is 10.7. The molecular formula is C23H19N3S2. The molecule has 2 unspecified atom stereocenters. The van der Waals surface area contributed by atoms with Crippen LogP contribution >= 0.6 is 23.5 Å². The maximum atomic E-state index is 9.19. The van der Waals surface area contributed by atoms with Gasteiger partial charge in [0.2, 0.25) is 0 Å². The van der Waals surface area contributed by atoms with E-state index in [-0.39, 0.29) is 15.2 Å². The highest BCUT2D eigenvalue weighted by molar-refractivity contribution is 8.09. The van der Waals surface area contributed by atoms with E-state index in [1.807, 2.05) is 30.8 Å². The number of allylic oxidation sites excluding steroid dienone is 8. The highest BCUT2D eigenvalue weighted by Crippen LogP contribution is 2.68. The fourth-order valence-corrected chi connectivity index (χ4v) is 7.76. The van der Waals surface area contributed by atoms with E-state index in [4.69, 9.17) is 11.8 Å². The van der Waals surface area contributed by atoms with Crippen LogP contribution in [0.15, 0.2) is 67.7 Å². The monoisotopic (exact) mass is 401 g/mol. The summed E-state index contributed by atoms with van der Waals surface area (Å²) in [4.78, 5) is 5.46. The van der Waals surface area contributed by atoms with Gasteiger partial charge in [-0.15, -0.1) is 23.5 Å². The molecule has 0 N–H and O–H groups in total. The van der Waals surface area contributed by atoms with Crippen LogP contribution in [0.1, 0.15) is 40.0 Å². The SMILES string of the molecule is [C-]#[N+]/C(C#N)=C/C1=CC2=C3CCCC3=C3C=C(/C=C(/C)C#N)SC3(C)C2(C)S1. The zero-order valence-electron chi connectivity index (χ0n) is 16.1. The summed E-state index contributed by atoms with van der Waals surface area (Å²) < 4.78 is -0.314. The molecule has 2 aliphatic heterocycles. The Balaban J connectivity index is 1.87. The lowest BCUT2D eigenvalue weighted by molar-refractivity contribution is 0.607. The van der Waals surface area contributed by atoms with Crippen LogP contribution in [0.4, 0.5) is 0 Å². The summed E-state index contributed by atoms with van der Waals surface area (Å²) in [5, 5.41) is 18.4. The van der Waals surface area contributed by atoms with Crippen molar-refractivity contribution in [3.63, 3.8) is 0 Å². The average molecular weight is 402 g/mol. The number of nitriles is 2. The van der Waals surface area contributed by atoms with Crippen molar-refractivity contribution in [1.29, 1.82) is 10.5 Å². The molecular weight excluding hydrogens is 382 g/mol. The summed E-state index contributed by atoms with van der Waals surface area (Å²) in [6, 6.07) is 4.21. The lowest BCUT2D eigenvalue weighted by Crippen LogP contribution is -2.47. The zero-order chi connectivity index (χ0) is 20.1. The molecule has 138 valence electrons. The lowest BCUT2D eigenvalue weighted by Gasteiger charge is -2.47. The molecule has 2 heterocycles. The Morgan fingerprint density at radius 2 is 1.57 bits per heavy atom. The van der Waals surface area contributed by atoms with Crippen molar-refractivity contribution in [3.8, 4) is 12.1 Å². The standard InChI is InChI=1S/C23H19N3S2/c1-14(12-24)8-16-10-20-18-6-5-7-19(18)21-11-17(9-15(13-25)26-4)28-23(21,3)22(20,2)27-16/h8-11H,5-7H2,1-3H3/b14-8-,15-9+. The molecule has 0 amide bonds. The minimum absolute atomic E-state index is 0.127. The smallest absolute Gasteiger partial charge is 0.227 e. The second kappa shape index (κ2) is 6.59. The number of rotatable bonds is 2. The van der Waals surface area contributed by atoms with Gasteiger partial charge in [-0.2, -0.15) is 5.26 Å². The van der Waals surface area contributed by atoms with E-state index in [9.17, 15) is 5.26 Å². The normalized spacial score (nSPS) is 31.4. The van der Waals surface area contributed by atoms with Crippen molar-refractivity contribution >= 4 is 23.5 Å². The molecule has 0 radical (unpaired) electrons. The maximum absolute atomic E-state index is 9.19. The molecule has 1 saturated carbocycles. The fraction of sp³-hybridized carbons (Fsp3) is 0.348. The first-order chi connectivity index (χ1) is 13.4. The van der Waals surface area contributed by atoms with Crippen LogP contribution < -0.4 is 0 Å². The van der Waals surface area contributed by atoms with Gasteiger partial charge in [-0.3, -0.25) is 0 Å². The van der Waals surface area contributed by atoms with Gasteiger partial charge in [0.25, 0.3) is 5.70 Å². The maximum Gasteiger partial charge on any atom is 0.263 e. The highest BCUT2D eigenvalue weighted by atomic mass is 32.2. The second-order valence-electron chi connectivity index (χ2n) is 7.69. The van der Waals surface area contributed by atoms with Crippen molar-refractivity contribution in [2.75, 3.05) is 0 Å². The van der Waals surface area contributed by atoms with Crippen molar-refractivity contribution < 1.29 is 0 Å². The molecule has 0 spiro atoms. The molecule has 0 aromatic rings. The summed E-state index contributed by atoms with van der Waals surface area (Å²) in [5.41, 5.74) is 6.51. The summed E-state index contributed by atoms with van der Waals surface area (Å²) in [5.74, 6) is 0. The minimum Gasteiger partial charge on any atom is -0.227 e. The van der Waals surface area contributed by atoms with Crippen LogP contribution in [0.5, 0.6) is 0 Å². The van der Waals surface area contributed by atoms with E-state index >= 15 is 0 Å². The van der Waals surface area contributed by atoms with Crippen LogP contribution in [0, 0.1) is 29.2 Å². The van der Waals surface area contributed by atoms with Gasteiger partial charge in [0.15, 0.2) is 0 Å². The summed E-state index contributed by atoms with van der Waals surface area (Å²) in [6.07, 6.45) is 11.5. The van der Waals surface area contributed by atoms with Crippen molar-refractivity contribution in [2.45, 2.75) is 49.5 Å². The Hall–Kier alpha value is -2.39. The van der Waals surface area contributed by atoms with Crippen LogP contribution in [0.3, 0.4) is 0 Å². The summed E-state index contributed by atoms with van der Waals surface area (Å²) in [6.45, 7) is 13.6. The fourth-order valence-electron chi connectivity index (χ4n) is 4.61. The molecule has 0 aromatic carbocycles. The van der Waals surface area contributed by atoms with Crippen molar-refractivity contribution in [3.05, 3.63) is 79.1 Å². The molecule has 0 bridgehead atoms. The first-order valence-electron chi connectivity index (χ1n) is 9.23. The van der Waals surface area contributed by atoms with Gasteiger partial charge in [-0.1, -0.05) is 0 Å². The van der Waals surface area contributed by atoms with Gasteiger partial charge >= 0.3 is 0 Å². The van der Waals surface area contributed by atoms with Gasteiger partial charge in [0.1, 0.15) is 0 Å². The highest BCUT2D eigenvalue weighted by Gasteiger charge is 2.58. The topological polar surface area (TPSA) is 51.9 Å². The van der Waals surface area contributed by atoms with Gasteiger partial charge in [-0.25, -0.2) is 10.1 Å². The van der Waals surface area contributed by atoms with Crippen molar-refractivity contribution in [1.82, 2.24) is 0 Å². The molecule has 28 heavy (non-hydrogen) atoms. The molecule has 1 fully saturated rings. The Kier molecular flexibility index (Phi) is 4.46. The number of hydrogen-bond donors (Lipinski definition) is 0. The van der Waals surface area contributed by atoms with E-state index < -0.39 is 0 Å².